The van der Waals surface area contributed by atoms with Crippen molar-refractivity contribution in [1.29, 1.82) is 0 Å². The summed E-state index contributed by atoms with van der Waals surface area (Å²) < 4.78 is 31.6. The molecule has 1 heterocycles. The largest absolute Gasteiger partial charge is 0.392 e. The van der Waals surface area contributed by atoms with Crippen molar-refractivity contribution in [3.8, 4) is 0 Å². The Morgan fingerprint density at radius 1 is 1.50 bits per heavy atom. The zero-order valence-electron chi connectivity index (χ0n) is 10.2. The quantitative estimate of drug-likeness (QED) is 0.873. The molecular formula is C12H17NO4S. The molecule has 0 radical (unpaired) electrons. The van der Waals surface area contributed by atoms with Crippen molar-refractivity contribution in [2.24, 2.45) is 0 Å². The zero-order chi connectivity index (χ0) is 13.2. The van der Waals surface area contributed by atoms with Crippen LogP contribution in [0.15, 0.2) is 29.2 Å². The van der Waals surface area contributed by atoms with E-state index in [9.17, 15) is 8.42 Å². The van der Waals surface area contributed by atoms with E-state index in [1.165, 1.54) is 10.4 Å². The molecule has 1 N–H and O–H groups in total. The first-order valence-electron chi connectivity index (χ1n) is 5.85. The smallest absolute Gasteiger partial charge is 0.243 e. The second kappa shape index (κ2) is 5.36. The van der Waals surface area contributed by atoms with Crippen LogP contribution in [0.3, 0.4) is 0 Å². The van der Waals surface area contributed by atoms with Crippen molar-refractivity contribution in [1.82, 2.24) is 4.31 Å². The average molecular weight is 271 g/mol. The maximum atomic E-state index is 12.5. The molecule has 2 rings (SSSR count). The van der Waals surface area contributed by atoms with E-state index in [-0.39, 0.29) is 17.5 Å². The van der Waals surface area contributed by atoms with Gasteiger partial charge < -0.3 is 9.84 Å². The van der Waals surface area contributed by atoms with Crippen molar-refractivity contribution in [3.05, 3.63) is 29.8 Å². The number of hydrogen-bond donors (Lipinski definition) is 1. The number of ether oxygens (including phenoxy) is 1. The standard InChI is InChI=1S/C12H17NO4S/c1-10-9-17-6-5-13(10)18(15,16)12-4-2-3-11(7-12)8-14/h2-4,7,10,14H,5-6,8-9H2,1H3. The number of hydrogen-bond acceptors (Lipinski definition) is 4. The highest BCUT2D eigenvalue weighted by Crippen LogP contribution is 2.21. The van der Waals surface area contributed by atoms with Gasteiger partial charge in [0.1, 0.15) is 0 Å². The molecule has 1 aromatic carbocycles. The van der Waals surface area contributed by atoms with Gasteiger partial charge in [-0.3, -0.25) is 0 Å². The van der Waals surface area contributed by atoms with E-state index < -0.39 is 10.0 Å². The average Bonchev–Trinajstić information content (AvgIpc) is 2.39. The first-order chi connectivity index (χ1) is 8.55. The lowest BCUT2D eigenvalue weighted by Crippen LogP contribution is -2.46. The van der Waals surface area contributed by atoms with E-state index >= 15 is 0 Å². The topological polar surface area (TPSA) is 66.8 Å². The van der Waals surface area contributed by atoms with Crippen molar-refractivity contribution in [2.75, 3.05) is 19.8 Å². The van der Waals surface area contributed by atoms with Gasteiger partial charge in [0.2, 0.25) is 10.0 Å². The van der Waals surface area contributed by atoms with Crippen LogP contribution in [0.1, 0.15) is 12.5 Å². The third-order valence-electron chi connectivity index (χ3n) is 2.99. The summed E-state index contributed by atoms with van der Waals surface area (Å²) in [5.74, 6) is 0. The van der Waals surface area contributed by atoms with Gasteiger partial charge in [0, 0.05) is 12.6 Å². The van der Waals surface area contributed by atoms with Crippen LogP contribution in [0.5, 0.6) is 0 Å². The van der Waals surface area contributed by atoms with E-state index in [0.717, 1.165) is 0 Å². The summed E-state index contributed by atoms with van der Waals surface area (Å²) in [6.07, 6.45) is 0. The minimum Gasteiger partial charge on any atom is -0.392 e. The first kappa shape index (κ1) is 13.5. The van der Waals surface area contributed by atoms with Gasteiger partial charge in [-0.15, -0.1) is 0 Å². The molecule has 1 fully saturated rings. The predicted molar refractivity (Wildman–Crippen MR) is 66.5 cm³/mol. The van der Waals surface area contributed by atoms with Gasteiger partial charge in [-0.2, -0.15) is 4.31 Å². The molecule has 1 aliphatic rings. The molecule has 6 heteroatoms. The van der Waals surface area contributed by atoms with Gasteiger partial charge >= 0.3 is 0 Å². The normalized spacial score (nSPS) is 22.0. The van der Waals surface area contributed by atoms with Gasteiger partial charge in [-0.1, -0.05) is 12.1 Å². The Balaban J connectivity index is 2.34. The fourth-order valence-electron chi connectivity index (χ4n) is 2.01. The van der Waals surface area contributed by atoms with E-state index in [1.54, 1.807) is 18.2 Å². The highest BCUT2D eigenvalue weighted by atomic mass is 32.2. The Kier molecular flexibility index (Phi) is 4.01. The molecule has 100 valence electrons. The van der Waals surface area contributed by atoms with Crippen LogP contribution in [-0.4, -0.2) is 43.6 Å². The first-order valence-corrected chi connectivity index (χ1v) is 7.29. The highest BCUT2D eigenvalue weighted by Gasteiger charge is 2.31. The minimum absolute atomic E-state index is 0.165. The molecule has 0 spiro atoms. The lowest BCUT2D eigenvalue weighted by atomic mass is 10.2. The number of benzene rings is 1. The molecule has 18 heavy (non-hydrogen) atoms. The zero-order valence-corrected chi connectivity index (χ0v) is 11.1. The predicted octanol–water partition coefficient (Wildman–Crippen LogP) is 0.588. The molecule has 1 unspecified atom stereocenters. The Labute approximate surface area is 107 Å². The van der Waals surface area contributed by atoms with E-state index in [1.807, 2.05) is 6.92 Å². The molecule has 0 bridgehead atoms. The highest BCUT2D eigenvalue weighted by molar-refractivity contribution is 7.89. The van der Waals surface area contributed by atoms with Gasteiger partial charge in [0.25, 0.3) is 0 Å². The molecule has 0 aromatic heterocycles. The molecule has 5 nitrogen and oxygen atoms in total. The summed E-state index contributed by atoms with van der Waals surface area (Å²) in [4.78, 5) is 0.225. The molecule has 0 aliphatic carbocycles. The van der Waals surface area contributed by atoms with Gasteiger partial charge in [-0.25, -0.2) is 8.42 Å². The molecule has 0 amide bonds. The van der Waals surface area contributed by atoms with Crippen LogP contribution in [0.4, 0.5) is 0 Å². The third kappa shape index (κ3) is 2.56. The molecule has 1 atom stereocenters. The molecule has 1 aliphatic heterocycles. The maximum Gasteiger partial charge on any atom is 0.243 e. The van der Waals surface area contributed by atoms with E-state index in [2.05, 4.69) is 0 Å². The lowest BCUT2D eigenvalue weighted by Gasteiger charge is -2.32. The maximum absolute atomic E-state index is 12.5. The van der Waals surface area contributed by atoms with Crippen LogP contribution in [0.2, 0.25) is 0 Å². The molecule has 1 saturated heterocycles. The number of aliphatic hydroxyl groups is 1. The second-order valence-electron chi connectivity index (χ2n) is 4.35. The second-order valence-corrected chi connectivity index (χ2v) is 6.24. The lowest BCUT2D eigenvalue weighted by molar-refractivity contribution is 0.0392. The minimum atomic E-state index is -3.50. The number of nitrogens with zero attached hydrogens (tertiary/aromatic N) is 1. The Bertz CT molecular complexity index is 515. The summed E-state index contributed by atoms with van der Waals surface area (Å²) >= 11 is 0. The molecule has 1 aromatic rings. The van der Waals surface area contributed by atoms with Gasteiger partial charge in [0.15, 0.2) is 0 Å². The van der Waals surface area contributed by atoms with E-state index in [4.69, 9.17) is 9.84 Å². The Hall–Kier alpha value is -0.950. The SMILES string of the molecule is CC1COCCN1S(=O)(=O)c1cccc(CO)c1. The van der Waals surface area contributed by atoms with E-state index in [0.29, 0.717) is 25.3 Å². The third-order valence-corrected chi connectivity index (χ3v) is 5.00. The van der Waals surface area contributed by atoms with Crippen molar-refractivity contribution >= 4 is 10.0 Å². The van der Waals surface area contributed by atoms with Gasteiger partial charge in [-0.05, 0) is 24.6 Å². The number of sulfonamides is 1. The van der Waals surface area contributed by atoms with Crippen molar-refractivity contribution in [2.45, 2.75) is 24.5 Å². The summed E-state index contributed by atoms with van der Waals surface area (Å²) in [7, 11) is -3.50. The van der Waals surface area contributed by atoms with Crippen molar-refractivity contribution in [3.63, 3.8) is 0 Å². The van der Waals surface area contributed by atoms with Crippen LogP contribution in [0, 0.1) is 0 Å². The number of morpholine rings is 1. The van der Waals surface area contributed by atoms with Crippen LogP contribution >= 0.6 is 0 Å². The Morgan fingerprint density at radius 3 is 2.94 bits per heavy atom. The summed E-state index contributed by atoms with van der Waals surface area (Å²) in [5.41, 5.74) is 0.594. The van der Waals surface area contributed by atoms with Crippen molar-refractivity contribution < 1.29 is 18.3 Å². The number of rotatable bonds is 3. The Morgan fingerprint density at radius 2 is 2.28 bits per heavy atom. The fourth-order valence-corrected chi connectivity index (χ4v) is 3.68. The van der Waals surface area contributed by atoms with Crippen LogP contribution in [0.25, 0.3) is 0 Å². The molecular weight excluding hydrogens is 254 g/mol. The summed E-state index contributed by atoms with van der Waals surface area (Å²) in [5, 5.41) is 9.06. The fraction of sp³-hybridized carbons (Fsp3) is 0.500. The molecule has 0 saturated carbocycles. The monoisotopic (exact) mass is 271 g/mol. The van der Waals surface area contributed by atoms with Crippen LogP contribution < -0.4 is 0 Å². The summed E-state index contributed by atoms with van der Waals surface area (Å²) in [6, 6.07) is 6.24. The van der Waals surface area contributed by atoms with Crippen LogP contribution in [-0.2, 0) is 21.4 Å². The number of aliphatic hydroxyl groups excluding tert-OH is 1. The van der Waals surface area contributed by atoms with Gasteiger partial charge in [0.05, 0.1) is 24.7 Å². The summed E-state index contributed by atoms with van der Waals surface area (Å²) in [6.45, 7) is 2.86.